The minimum absolute atomic E-state index is 0.0969. The number of rotatable bonds is 5. The van der Waals surface area contributed by atoms with Gasteiger partial charge in [-0.05, 0) is 25.7 Å². The highest BCUT2D eigenvalue weighted by Crippen LogP contribution is 2.27. The third-order valence-electron chi connectivity index (χ3n) is 3.41. The maximum Gasteiger partial charge on any atom is 0.304 e. The van der Waals surface area contributed by atoms with E-state index in [-0.39, 0.29) is 12.5 Å². The molecule has 1 aliphatic rings. The molecule has 0 heterocycles. The zero-order valence-electron chi connectivity index (χ0n) is 9.83. The van der Waals surface area contributed by atoms with Crippen molar-refractivity contribution >= 4 is 5.97 Å². The van der Waals surface area contributed by atoms with Gasteiger partial charge in [0.25, 0.3) is 0 Å². The highest BCUT2D eigenvalue weighted by atomic mass is 16.4. The highest BCUT2D eigenvalue weighted by Gasteiger charge is 2.24. The van der Waals surface area contributed by atoms with Gasteiger partial charge in [-0.3, -0.25) is 4.79 Å². The molecule has 88 valence electrons. The largest absolute Gasteiger partial charge is 0.481 e. The predicted molar refractivity (Wildman–Crippen MR) is 60.9 cm³/mol. The van der Waals surface area contributed by atoms with Crippen molar-refractivity contribution in [2.24, 2.45) is 5.92 Å². The first-order valence-electron chi connectivity index (χ1n) is 6.11. The number of carboxylic acid groups (broad SMARTS) is 1. The summed E-state index contributed by atoms with van der Waals surface area (Å²) in [6.07, 6.45) is 6.57. The Morgan fingerprint density at radius 3 is 2.73 bits per heavy atom. The SMILES string of the molecule is CCC1CCCCC1NC(C)CC(=O)O. The van der Waals surface area contributed by atoms with Crippen LogP contribution in [-0.2, 0) is 4.79 Å². The van der Waals surface area contributed by atoms with Gasteiger partial charge in [-0.15, -0.1) is 0 Å². The predicted octanol–water partition coefficient (Wildman–Crippen LogP) is 2.41. The molecule has 3 heteroatoms. The van der Waals surface area contributed by atoms with E-state index in [0.29, 0.717) is 6.04 Å². The highest BCUT2D eigenvalue weighted by molar-refractivity contribution is 5.67. The first-order chi connectivity index (χ1) is 7.13. The molecule has 0 radical (unpaired) electrons. The summed E-state index contributed by atoms with van der Waals surface area (Å²) in [4.78, 5) is 10.6. The zero-order valence-corrected chi connectivity index (χ0v) is 9.83. The smallest absolute Gasteiger partial charge is 0.304 e. The molecule has 3 atom stereocenters. The Labute approximate surface area is 92.3 Å². The molecule has 0 bridgehead atoms. The van der Waals surface area contributed by atoms with Crippen molar-refractivity contribution in [1.82, 2.24) is 5.32 Å². The van der Waals surface area contributed by atoms with E-state index in [0.717, 1.165) is 5.92 Å². The van der Waals surface area contributed by atoms with Crippen LogP contribution in [0.4, 0.5) is 0 Å². The molecule has 0 aromatic heterocycles. The van der Waals surface area contributed by atoms with Crippen LogP contribution in [-0.4, -0.2) is 23.2 Å². The summed E-state index contributed by atoms with van der Waals surface area (Å²) in [5, 5.41) is 12.2. The lowest BCUT2D eigenvalue weighted by Gasteiger charge is -2.33. The molecule has 0 amide bonds. The second-order valence-electron chi connectivity index (χ2n) is 4.72. The minimum Gasteiger partial charge on any atom is -0.481 e. The van der Waals surface area contributed by atoms with Gasteiger partial charge in [0.2, 0.25) is 0 Å². The third-order valence-corrected chi connectivity index (χ3v) is 3.41. The average Bonchev–Trinajstić information content (AvgIpc) is 2.17. The van der Waals surface area contributed by atoms with Crippen molar-refractivity contribution in [2.45, 2.75) is 64.5 Å². The van der Waals surface area contributed by atoms with Crippen molar-refractivity contribution in [3.8, 4) is 0 Å². The summed E-state index contributed by atoms with van der Waals surface area (Å²) < 4.78 is 0. The Morgan fingerprint density at radius 1 is 1.47 bits per heavy atom. The summed E-state index contributed by atoms with van der Waals surface area (Å²) in [5.41, 5.74) is 0. The molecular weight excluding hydrogens is 190 g/mol. The van der Waals surface area contributed by atoms with Gasteiger partial charge in [-0.1, -0.05) is 26.2 Å². The molecule has 3 unspecified atom stereocenters. The van der Waals surface area contributed by atoms with Gasteiger partial charge in [-0.2, -0.15) is 0 Å². The molecule has 0 aromatic rings. The van der Waals surface area contributed by atoms with Crippen molar-refractivity contribution < 1.29 is 9.90 Å². The average molecular weight is 213 g/mol. The molecule has 1 aliphatic carbocycles. The molecule has 0 spiro atoms. The molecule has 1 saturated carbocycles. The van der Waals surface area contributed by atoms with Crippen LogP contribution in [0.3, 0.4) is 0 Å². The van der Waals surface area contributed by atoms with Crippen LogP contribution in [0.5, 0.6) is 0 Å². The third kappa shape index (κ3) is 4.20. The first kappa shape index (κ1) is 12.5. The van der Waals surface area contributed by atoms with Gasteiger partial charge in [-0.25, -0.2) is 0 Å². The quantitative estimate of drug-likeness (QED) is 0.737. The summed E-state index contributed by atoms with van der Waals surface area (Å²) >= 11 is 0. The number of carbonyl (C=O) groups is 1. The first-order valence-corrected chi connectivity index (χ1v) is 6.11. The maximum absolute atomic E-state index is 10.6. The molecule has 2 N–H and O–H groups in total. The summed E-state index contributed by atoms with van der Waals surface area (Å²) in [5.74, 6) is 0.0360. The lowest BCUT2D eigenvalue weighted by Crippen LogP contribution is -2.43. The van der Waals surface area contributed by atoms with Gasteiger partial charge < -0.3 is 10.4 Å². The molecule has 0 aromatic carbocycles. The van der Waals surface area contributed by atoms with E-state index < -0.39 is 5.97 Å². The number of aliphatic carboxylic acids is 1. The van der Waals surface area contributed by atoms with Gasteiger partial charge in [0.1, 0.15) is 0 Å². The van der Waals surface area contributed by atoms with Crippen LogP contribution in [0.15, 0.2) is 0 Å². The van der Waals surface area contributed by atoms with Gasteiger partial charge in [0.15, 0.2) is 0 Å². The van der Waals surface area contributed by atoms with Crippen molar-refractivity contribution in [1.29, 1.82) is 0 Å². The van der Waals surface area contributed by atoms with Crippen LogP contribution < -0.4 is 5.32 Å². The van der Waals surface area contributed by atoms with Gasteiger partial charge in [0.05, 0.1) is 6.42 Å². The second kappa shape index (κ2) is 6.11. The molecule has 3 nitrogen and oxygen atoms in total. The fourth-order valence-electron chi connectivity index (χ4n) is 2.60. The zero-order chi connectivity index (χ0) is 11.3. The van der Waals surface area contributed by atoms with E-state index in [1.165, 1.54) is 32.1 Å². The van der Waals surface area contributed by atoms with Crippen LogP contribution >= 0.6 is 0 Å². The Hall–Kier alpha value is -0.570. The number of hydrogen-bond acceptors (Lipinski definition) is 2. The molecule has 1 rings (SSSR count). The Bertz CT molecular complexity index is 206. The van der Waals surface area contributed by atoms with Crippen molar-refractivity contribution in [3.63, 3.8) is 0 Å². The number of hydrogen-bond donors (Lipinski definition) is 2. The van der Waals surface area contributed by atoms with Crippen molar-refractivity contribution in [2.75, 3.05) is 0 Å². The molecule has 0 saturated heterocycles. The summed E-state index contributed by atoms with van der Waals surface area (Å²) in [6.45, 7) is 4.20. The molecular formula is C12H23NO2. The van der Waals surface area contributed by atoms with E-state index in [4.69, 9.17) is 5.11 Å². The van der Waals surface area contributed by atoms with E-state index in [1.54, 1.807) is 0 Å². The molecule has 1 fully saturated rings. The second-order valence-corrected chi connectivity index (χ2v) is 4.72. The van der Waals surface area contributed by atoms with Gasteiger partial charge >= 0.3 is 5.97 Å². The van der Waals surface area contributed by atoms with E-state index in [2.05, 4.69) is 12.2 Å². The minimum atomic E-state index is -0.709. The molecule has 15 heavy (non-hydrogen) atoms. The number of nitrogens with one attached hydrogen (secondary N) is 1. The lowest BCUT2D eigenvalue weighted by molar-refractivity contribution is -0.137. The lowest BCUT2D eigenvalue weighted by atomic mass is 9.82. The van der Waals surface area contributed by atoms with Crippen LogP contribution in [0.2, 0.25) is 0 Å². The van der Waals surface area contributed by atoms with E-state index in [9.17, 15) is 4.79 Å². The van der Waals surface area contributed by atoms with Crippen LogP contribution in [0.25, 0.3) is 0 Å². The Kier molecular flexibility index (Phi) is 5.09. The Morgan fingerprint density at radius 2 is 2.13 bits per heavy atom. The fourth-order valence-corrected chi connectivity index (χ4v) is 2.60. The maximum atomic E-state index is 10.6. The molecule has 0 aliphatic heterocycles. The van der Waals surface area contributed by atoms with E-state index >= 15 is 0 Å². The van der Waals surface area contributed by atoms with Crippen LogP contribution in [0, 0.1) is 5.92 Å². The topological polar surface area (TPSA) is 49.3 Å². The van der Waals surface area contributed by atoms with Crippen molar-refractivity contribution in [3.05, 3.63) is 0 Å². The van der Waals surface area contributed by atoms with Gasteiger partial charge in [0, 0.05) is 12.1 Å². The summed E-state index contributed by atoms with van der Waals surface area (Å²) in [7, 11) is 0. The van der Waals surface area contributed by atoms with Crippen LogP contribution in [0.1, 0.15) is 52.4 Å². The fraction of sp³-hybridized carbons (Fsp3) is 0.917. The van der Waals surface area contributed by atoms with E-state index in [1.807, 2.05) is 6.92 Å². The Balaban J connectivity index is 2.37. The number of carboxylic acids is 1. The standard InChI is InChI=1S/C12H23NO2/c1-3-10-6-4-5-7-11(10)13-9(2)8-12(14)15/h9-11,13H,3-8H2,1-2H3,(H,14,15). The monoisotopic (exact) mass is 213 g/mol. The summed E-state index contributed by atoms with van der Waals surface area (Å²) in [6, 6.07) is 0.637. The normalized spacial score (nSPS) is 28.7.